The molecule has 2 N–H and O–H groups in total. The second-order valence-corrected chi connectivity index (χ2v) is 3.97. The minimum atomic E-state index is 0.751. The molecule has 15 heavy (non-hydrogen) atoms. The fourth-order valence-corrected chi connectivity index (χ4v) is 2.34. The molecule has 0 saturated heterocycles. The molecule has 3 nitrogen and oxygen atoms in total. The predicted octanol–water partition coefficient (Wildman–Crippen LogP) is 2.49. The van der Waals surface area contributed by atoms with E-state index >= 15 is 0 Å². The van der Waals surface area contributed by atoms with E-state index in [-0.39, 0.29) is 0 Å². The third-order valence-electron chi connectivity index (χ3n) is 3.09. The normalized spacial score (nSPS) is 18.3. The number of para-hydroxylation sites is 1. The van der Waals surface area contributed by atoms with Crippen molar-refractivity contribution in [3.05, 3.63) is 35.5 Å². The Bertz CT molecular complexity index is 540. The van der Waals surface area contributed by atoms with Crippen molar-refractivity contribution in [3.63, 3.8) is 0 Å². The largest absolute Gasteiger partial charge is 0.411 e. The number of nitrogens with one attached hydrogen (secondary N) is 1. The average Bonchev–Trinajstić information content (AvgIpc) is 2.66. The van der Waals surface area contributed by atoms with Crippen LogP contribution in [0.3, 0.4) is 0 Å². The Morgan fingerprint density at radius 2 is 2.07 bits per heavy atom. The number of benzene rings is 1. The van der Waals surface area contributed by atoms with Crippen LogP contribution in [0.1, 0.15) is 17.7 Å². The zero-order chi connectivity index (χ0) is 10.3. The van der Waals surface area contributed by atoms with Gasteiger partial charge in [-0.25, -0.2) is 0 Å². The number of hydrogen-bond acceptors (Lipinski definition) is 2. The standard InChI is InChI=1S/C12H12N2O/c15-14-8-5-6-10-9-3-1-2-4-11(9)13-12(10)7-8/h1-4,13,15H,5-7H2/b14-8-. The highest BCUT2D eigenvalue weighted by Crippen LogP contribution is 2.27. The molecule has 1 aromatic heterocycles. The summed E-state index contributed by atoms with van der Waals surface area (Å²) >= 11 is 0. The van der Waals surface area contributed by atoms with Gasteiger partial charge in [0.25, 0.3) is 0 Å². The van der Waals surface area contributed by atoms with Crippen LogP contribution in [0.2, 0.25) is 0 Å². The molecule has 0 aliphatic heterocycles. The molecular formula is C12H12N2O. The molecule has 1 aliphatic carbocycles. The van der Waals surface area contributed by atoms with E-state index in [1.54, 1.807) is 0 Å². The van der Waals surface area contributed by atoms with Gasteiger partial charge in [-0.15, -0.1) is 0 Å². The van der Waals surface area contributed by atoms with Crippen LogP contribution in [-0.4, -0.2) is 15.9 Å². The molecule has 0 spiro atoms. The van der Waals surface area contributed by atoms with Gasteiger partial charge < -0.3 is 10.2 Å². The zero-order valence-electron chi connectivity index (χ0n) is 8.33. The summed E-state index contributed by atoms with van der Waals surface area (Å²) in [6, 6.07) is 8.33. The molecule has 0 fully saturated rings. The van der Waals surface area contributed by atoms with Gasteiger partial charge in [-0.3, -0.25) is 0 Å². The number of aromatic nitrogens is 1. The SMILES string of the molecule is O/N=C1/CCc2c([nH]c3ccccc23)C1. The monoisotopic (exact) mass is 200 g/mol. The Kier molecular flexibility index (Phi) is 1.78. The lowest BCUT2D eigenvalue weighted by Crippen LogP contribution is -2.12. The molecule has 0 unspecified atom stereocenters. The number of aromatic amines is 1. The molecular weight excluding hydrogens is 188 g/mol. The van der Waals surface area contributed by atoms with Crippen LogP contribution < -0.4 is 0 Å². The maximum absolute atomic E-state index is 8.77. The van der Waals surface area contributed by atoms with Crippen LogP contribution in [0, 0.1) is 0 Å². The van der Waals surface area contributed by atoms with E-state index in [0.717, 1.165) is 25.0 Å². The first-order valence-corrected chi connectivity index (χ1v) is 5.17. The fourth-order valence-electron chi connectivity index (χ4n) is 2.34. The van der Waals surface area contributed by atoms with Crippen molar-refractivity contribution >= 4 is 16.6 Å². The lowest BCUT2D eigenvalue weighted by Gasteiger charge is -2.12. The Morgan fingerprint density at radius 3 is 2.93 bits per heavy atom. The molecule has 1 aromatic carbocycles. The predicted molar refractivity (Wildman–Crippen MR) is 59.5 cm³/mol. The highest BCUT2D eigenvalue weighted by molar-refractivity contribution is 5.93. The van der Waals surface area contributed by atoms with Crippen LogP contribution >= 0.6 is 0 Å². The van der Waals surface area contributed by atoms with Gasteiger partial charge in [-0.2, -0.15) is 0 Å². The maximum atomic E-state index is 8.77. The van der Waals surface area contributed by atoms with Crippen molar-refractivity contribution < 1.29 is 5.21 Å². The maximum Gasteiger partial charge on any atom is 0.0632 e. The summed E-state index contributed by atoms with van der Waals surface area (Å²) in [5, 5.41) is 13.4. The van der Waals surface area contributed by atoms with E-state index in [0.29, 0.717) is 0 Å². The molecule has 0 saturated carbocycles. The number of hydrogen-bond donors (Lipinski definition) is 2. The molecule has 3 heteroatoms. The Hall–Kier alpha value is -1.77. The van der Waals surface area contributed by atoms with Crippen LogP contribution in [0.25, 0.3) is 10.9 Å². The average molecular weight is 200 g/mol. The number of aryl methyl sites for hydroxylation is 1. The molecule has 2 aromatic rings. The van der Waals surface area contributed by atoms with Crippen molar-refractivity contribution in [1.29, 1.82) is 0 Å². The van der Waals surface area contributed by atoms with Crippen LogP contribution in [0.4, 0.5) is 0 Å². The molecule has 3 rings (SSSR count). The fraction of sp³-hybridized carbons (Fsp3) is 0.250. The number of nitrogens with zero attached hydrogens (tertiary/aromatic N) is 1. The summed E-state index contributed by atoms with van der Waals surface area (Å²) in [4.78, 5) is 3.39. The zero-order valence-corrected chi connectivity index (χ0v) is 8.33. The molecule has 0 amide bonds. The third kappa shape index (κ3) is 1.23. The number of oxime groups is 1. The number of H-pyrrole nitrogens is 1. The van der Waals surface area contributed by atoms with Crippen LogP contribution in [0.5, 0.6) is 0 Å². The summed E-state index contributed by atoms with van der Waals surface area (Å²) in [6.07, 6.45) is 2.59. The topological polar surface area (TPSA) is 48.4 Å². The van der Waals surface area contributed by atoms with Crippen molar-refractivity contribution in [2.75, 3.05) is 0 Å². The molecule has 0 bridgehead atoms. The van der Waals surface area contributed by atoms with Crippen LogP contribution in [-0.2, 0) is 12.8 Å². The van der Waals surface area contributed by atoms with Crippen molar-refractivity contribution in [3.8, 4) is 0 Å². The first-order valence-electron chi connectivity index (χ1n) is 5.17. The highest BCUT2D eigenvalue weighted by atomic mass is 16.4. The van der Waals surface area contributed by atoms with Crippen molar-refractivity contribution in [2.45, 2.75) is 19.3 Å². The van der Waals surface area contributed by atoms with Gasteiger partial charge >= 0.3 is 0 Å². The van der Waals surface area contributed by atoms with E-state index in [9.17, 15) is 0 Å². The van der Waals surface area contributed by atoms with Crippen molar-refractivity contribution in [1.82, 2.24) is 4.98 Å². The first kappa shape index (κ1) is 8.53. The second-order valence-electron chi connectivity index (χ2n) is 3.97. The van der Waals surface area contributed by atoms with Gasteiger partial charge in [0.05, 0.1) is 5.71 Å². The molecule has 1 heterocycles. The molecule has 1 aliphatic rings. The van der Waals surface area contributed by atoms with Gasteiger partial charge in [0.15, 0.2) is 0 Å². The summed E-state index contributed by atoms with van der Waals surface area (Å²) in [5.74, 6) is 0. The number of rotatable bonds is 0. The van der Waals surface area contributed by atoms with Gasteiger partial charge in [-0.05, 0) is 24.5 Å². The van der Waals surface area contributed by atoms with Gasteiger partial charge in [0.1, 0.15) is 0 Å². The lowest BCUT2D eigenvalue weighted by atomic mass is 9.94. The summed E-state index contributed by atoms with van der Waals surface area (Å²) < 4.78 is 0. The van der Waals surface area contributed by atoms with Gasteiger partial charge in [0.2, 0.25) is 0 Å². The Labute approximate surface area is 87.4 Å². The van der Waals surface area contributed by atoms with E-state index in [1.165, 1.54) is 22.2 Å². The van der Waals surface area contributed by atoms with Crippen molar-refractivity contribution in [2.24, 2.45) is 5.16 Å². The minimum Gasteiger partial charge on any atom is -0.411 e. The van der Waals surface area contributed by atoms with Gasteiger partial charge in [0, 0.05) is 23.0 Å². The molecule has 76 valence electrons. The smallest absolute Gasteiger partial charge is 0.0632 e. The lowest BCUT2D eigenvalue weighted by molar-refractivity contribution is 0.316. The van der Waals surface area contributed by atoms with E-state index in [4.69, 9.17) is 5.21 Å². The third-order valence-corrected chi connectivity index (χ3v) is 3.09. The van der Waals surface area contributed by atoms with E-state index in [2.05, 4.69) is 28.3 Å². The minimum absolute atomic E-state index is 0.751. The van der Waals surface area contributed by atoms with Gasteiger partial charge in [-0.1, -0.05) is 23.4 Å². The number of fused-ring (bicyclic) bond motifs is 3. The second kappa shape index (κ2) is 3.12. The quantitative estimate of drug-likeness (QED) is 0.498. The van der Waals surface area contributed by atoms with E-state index < -0.39 is 0 Å². The highest BCUT2D eigenvalue weighted by Gasteiger charge is 2.18. The van der Waals surface area contributed by atoms with Crippen LogP contribution in [0.15, 0.2) is 29.4 Å². The summed E-state index contributed by atoms with van der Waals surface area (Å²) in [6.45, 7) is 0. The Morgan fingerprint density at radius 1 is 1.20 bits per heavy atom. The Balaban J connectivity index is 2.20. The van der Waals surface area contributed by atoms with E-state index in [1.807, 2.05) is 6.07 Å². The first-order chi connectivity index (χ1) is 7.38. The molecule has 0 atom stereocenters. The summed E-state index contributed by atoms with van der Waals surface area (Å²) in [7, 11) is 0. The molecule has 0 radical (unpaired) electrons. The summed E-state index contributed by atoms with van der Waals surface area (Å²) in [5.41, 5.74) is 4.64.